The quantitative estimate of drug-likeness (QED) is 0.0716. The molecule has 0 fully saturated rings. The van der Waals surface area contributed by atoms with Crippen molar-refractivity contribution >= 4 is 152 Å². The first-order valence-corrected chi connectivity index (χ1v) is 43.1. The molecule has 0 N–H and O–H groups in total. The average molecular weight is 1430 g/mol. The predicted molar refractivity (Wildman–Crippen MR) is 459 cm³/mol. The lowest BCUT2D eigenvalue weighted by Gasteiger charge is -2.34. The van der Waals surface area contributed by atoms with Crippen LogP contribution in [0.2, 0.25) is 0 Å². The number of nitrogens with zero attached hydrogens (tertiary/aromatic N) is 6. The van der Waals surface area contributed by atoms with Crippen LogP contribution in [0, 0.1) is 0 Å². The molecule has 0 aliphatic heterocycles. The lowest BCUT2D eigenvalue weighted by atomic mass is 10.1. The van der Waals surface area contributed by atoms with Crippen LogP contribution in [-0.2, 0) is 0 Å². The predicted octanol–water partition coefficient (Wildman–Crippen LogP) is 15.0. The molecule has 108 heavy (non-hydrogen) atoms. The van der Waals surface area contributed by atoms with Crippen molar-refractivity contribution in [3.8, 4) is 29.0 Å². The van der Waals surface area contributed by atoms with E-state index in [9.17, 15) is 0 Å². The van der Waals surface area contributed by atoms with Gasteiger partial charge in [-0.15, -0.1) is 0 Å². The van der Waals surface area contributed by atoms with Gasteiger partial charge in [0.2, 0.25) is 11.9 Å². The van der Waals surface area contributed by atoms with E-state index < -0.39 is 24.2 Å². The van der Waals surface area contributed by atoms with Crippen LogP contribution in [0.5, 0.6) is 0 Å². The highest BCUT2D eigenvalue weighted by Crippen LogP contribution is 2.43. The van der Waals surface area contributed by atoms with Crippen LogP contribution in [-0.4, -0.2) is 52.9 Å². The second-order valence-corrected chi connectivity index (χ2v) is 39.5. The van der Waals surface area contributed by atoms with Gasteiger partial charge in [-0.05, 0) is 105 Å². The zero-order valence-corrected chi connectivity index (χ0v) is 62.1. The molecular formula is C99H70N6Si3. The van der Waals surface area contributed by atoms with Gasteiger partial charge in [0.15, 0.2) is 30.0 Å². The van der Waals surface area contributed by atoms with Crippen molar-refractivity contribution in [3.05, 3.63) is 425 Å². The van der Waals surface area contributed by atoms with Crippen LogP contribution in [0.15, 0.2) is 425 Å². The largest absolute Gasteiger partial charge is 0.309 e. The minimum Gasteiger partial charge on any atom is -0.309 e. The molecule has 0 aliphatic carbocycles. The Morgan fingerprint density at radius 2 is 0.491 bits per heavy atom. The van der Waals surface area contributed by atoms with E-state index in [2.05, 4.69) is 438 Å². The molecule has 0 unspecified atom stereocenters. The smallest absolute Gasteiger partial charge is 0.240 e. The van der Waals surface area contributed by atoms with E-state index in [-0.39, 0.29) is 0 Å². The van der Waals surface area contributed by atoms with Gasteiger partial charge >= 0.3 is 0 Å². The fourth-order valence-corrected chi connectivity index (χ4v) is 32.4. The van der Waals surface area contributed by atoms with Crippen molar-refractivity contribution in [2.45, 2.75) is 0 Å². The first-order valence-electron chi connectivity index (χ1n) is 37.1. The summed E-state index contributed by atoms with van der Waals surface area (Å²) in [5, 5.41) is 22.1. The van der Waals surface area contributed by atoms with Crippen molar-refractivity contribution in [1.82, 2.24) is 28.7 Å². The van der Waals surface area contributed by atoms with E-state index in [4.69, 9.17) is 15.0 Å². The topological polar surface area (TPSA) is 53.5 Å². The molecule has 0 bridgehead atoms. The molecule has 508 valence electrons. The number of hydrogen-bond donors (Lipinski definition) is 0. The number of benzene rings is 16. The summed E-state index contributed by atoms with van der Waals surface area (Å²) in [5.41, 5.74) is 8.10. The van der Waals surface area contributed by atoms with E-state index in [1.165, 1.54) is 62.2 Å². The molecule has 16 aromatic carbocycles. The van der Waals surface area contributed by atoms with Gasteiger partial charge in [-0.25, -0.2) is 0 Å². The monoisotopic (exact) mass is 1430 g/mol. The molecule has 9 heteroatoms. The fraction of sp³-hybridized carbons (Fsp3) is 0. The molecule has 4 aromatic heterocycles. The Labute approximate surface area is 629 Å². The Morgan fingerprint density at radius 1 is 0.185 bits per heavy atom. The van der Waals surface area contributed by atoms with Crippen LogP contribution < -0.4 is 62.2 Å². The second-order valence-electron chi connectivity index (χ2n) is 28.1. The molecule has 4 heterocycles. The summed E-state index contributed by atoms with van der Waals surface area (Å²) in [5.74, 6) is 1.55. The van der Waals surface area contributed by atoms with Gasteiger partial charge in [-0.2, -0.15) is 15.0 Å². The summed E-state index contributed by atoms with van der Waals surface area (Å²) in [6, 6.07) is 158. The van der Waals surface area contributed by atoms with Gasteiger partial charge in [-0.3, -0.25) is 9.13 Å². The van der Waals surface area contributed by atoms with E-state index >= 15 is 0 Å². The lowest BCUT2D eigenvalue weighted by molar-refractivity contribution is 0.894. The van der Waals surface area contributed by atoms with Crippen LogP contribution in [0.3, 0.4) is 0 Å². The number of fused-ring (bicyclic) bond motifs is 10. The first kappa shape index (κ1) is 64.2. The van der Waals surface area contributed by atoms with E-state index in [1.807, 2.05) is 0 Å². The van der Waals surface area contributed by atoms with E-state index in [1.54, 1.807) is 0 Å². The highest BCUT2D eigenvalue weighted by Gasteiger charge is 2.45. The van der Waals surface area contributed by atoms with Gasteiger partial charge in [-0.1, -0.05) is 382 Å². The molecule has 0 atom stereocenters. The summed E-state index contributed by atoms with van der Waals surface area (Å²) < 4.78 is 7.12. The van der Waals surface area contributed by atoms with Crippen LogP contribution in [0.25, 0.3) is 94.4 Å². The maximum Gasteiger partial charge on any atom is 0.240 e. The highest BCUT2D eigenvalue weighted by atomic mass is 28.3. The Morgan fingerprint density at radius 3 is 0.907 bits per heavy atom. The van der Waals surface area contributed by atoms with Crippen molar-refractivity contribution in [2.24, 2.45) is 0 Å². The normalized spacial score (nSPS) is 12.1. The molecular weight excluding hydrogens is 1360 g/mol. The fourth-order valence-electron chi connectivity index (χ4n) is 18.0. The Balaban J connectivity index is 0.919. The van der Waals surface area contributed by atoms with Crippen molar-refractivity contribution < 1.29 is 0 Å². The third-order valence-corrected chi connectivity index (χ3v) is 36.9. The van der Waals surface area contributed by atoms with Gasteiger partial charge in [0, 0.05) is 43.6 Å². The minimum atomic E-state index is -3.09. The zero-order chi connectivity index (χ0) is 71.6. The maximum atomic E-state index is 6.06. The Hall–Kier alpha value is -13.4. The van der Waals surface area contributed by atoms with Gasteiger partial charge in [0.05, 0.1) is 33.1 Å². The number of aromatic nitrogens is 6. The molecule has 6 nitrogen and oxygen atoms in total. The average Bonchev–Trinajstić information content (AvgIpc) is 1.58. The molecule has 0 aliphatic rings. The summed E-state index contributed by atoms with van der Waals surface area (Å²) >= 11 is 0. The van der Waals surface area contributed by atoms with Crippen molar-refractivity contribution in [1.29, 1.82) is 0 Å². The van der Waals surface area contributed by atoms with Crippen molar-refractivity contribution in [3.63, 3.8) is 0 Å². The summed E-state index contributed by atoms with van der Waals surface area (Å²) in [4.78, 5) is 18.0. The van der Waals surface area contributed by atoms with E-state index in [0.29, 0.717) is 17.7 Å². The van der Waals surface area contributed by atoms with Gasteiger partial charge < -0.3 is 4.57 Å². The molecule has 0 spiro atoms. The van der Waals surface area contributed by atoms with Crippen LogP contribution >= 0.6 is 0 Å². The SMILES string of the molecule is c1ccc(-n2c3ccccc3c3c2ccc2c4cc([Si](c5ccccc5)(c5ccccc5)c5ccccc5)ccc4n(-c4nc(-c5cccc([Si](c6ccccc6)(c6ccccc6)c6ccccc6)c5)nc(-n5c6ccccc6c6cc([Si](c7ccccc7)(c7ccccc7)c7ccccc7)ccc65)n4)c23)cc1. The van der Waals surface area contributed by atoms with Crippen LogP contribution in [0.4, 0.5) is 0 Å². The number of rotatable bonds is 16. The number of hydrogen-bond acceptors (Lipinski definition) is 3. The maximum absolute atomic E-state index is 6.06. The molecule has 0 radical (unpaired) electrons. The molecule has 20 aromatic rings. The van der Waals surface area contributed by atoms with Gasteiger partial charge in [0.25, 0.3) is 0 Å². The third-order valence-electron chi connectivity index (χ3n) is 22.5. The minimum absolute atomic E-state index is 0.499. The lowest BCUT2D eigenvalue weighted by Crippen LogP contribution is -2.74. The van der Waals surface area contributed by atoms with Gasteiger partial charge in [0.1, 0.15) is 0 Å². The Bertz CT molecular complexity index is 6410. The van der Waals surface area contributed by atoms with Crippen LogP contribution in [0.1, 0.15) is 0 Å². The highest BCUT2D eigenvalue weighted by molar-refractivity contribution is 7.21. The zero-order valence-electron chi connectivity index (χ0n) is 59.1. The Kier molecular flexibility index (Phi) is 15.8. The third kappa shape index (κ3) is 10.1. The summed E-state index contributed by atoms with van der Waals surface area (Å²) in [6.07, 6.45) is 0. The summed E-state index contributed by atoms with van der Waals surface area (Å²) in [7, 11) is -9.18. The standard InChI is InChI=1S/C99H70N6Si3/c1-11-37-72(38-12-1)103-91-61-34-32-59-87(91)95-94(103)67-64-86-89-70-84(108(79-51-25-8-26-52-79,80-53-27-9-28-54-80)81-55-29-10-30-56-81)63-66-93(89)105(96(86)95)99-101-97(71-36-35-57-82(68-71)106(73-39-13-2-14-40-73,74-41-15-3-16-42-74)75-43-17-4-18-44-75)100-98(102-99)104-90-60-33-31-58-85(90)88-69-83(62-65-92(88)104)107(76-45-19-5-20-46-76,77-47-21-6-22-48-77)78-49-23-7-24-50-78/h1-70H. The molecule has 20 rings (SSSR count). The molecule has 0 saturated carbocycles. The molecule has 0 amide bonds. The second kappa shape index (κ2) is 26.6. The van der Waals surface area contributed by atoms with Crippen molar-refractivity contribution in [2.75, 3.05) is 0 Å². The summed E-state index contributed by atoms with van der Waals surface area (Å²) in [6.45, 7) is 0. The first-order chi connectivity index (χ1) is 53.6. The number of para-hydroxylation sites is 3. The van der Waals surface area contributed by atoms with E-state index in [0.717, 1.165) is 76.7 Å². The molecule has 0 saturated heterocycles.